The van der Waals surface area contributed by atoms with Gasteiger partial charge in [0.15, 0.2) is 5.72 Å². The molecular formula is C14H18N4O3. The molecule has 7 nitrogen and oxygen atoms in total. The molecule has 3 saturated heterocycles. The highest BCUT2D eigenvalue weighted by atomic mass is 16.5. The summed E-state index contributed by atoms with van der Waals surface area (Å²) in [5.41, 5.74) is 0.0162. The van der Waals surface area contributed by atoms with Gasteiger partial charge < -0.3 is 14.5 Å². The third kappa shape index (κ3) is 1.55. The van der Waals surface area contributed by atoms with Crippen LogP contribution in [0.5, 0.6) is 0 Å². The molecule has 112 valence electrons. The van der Waals surface area contributed by atoms with Crippen LogP contribution in [-0.4, -0.2) is 62.9 Å². The van der Waals surface area contributed by atoms with Gasteiger partial charge in [0.2, 0.25) is 5.91 Å². The third-order valence-corrected chi connectivity index (χ3v) is 4.90. The molecule has 7 heteroatoms. The van der Waals surface area contributed by atoms with Gasteiger partial charge in [0, 0.05) is 32.3 Å². The lowest BCUT2D eigenvalue weighted by molar-refractivity contribution is -0.136. The van der Waals surface area contributed by atoms with Gasteiger partial charge in [-0.2, -0.15) is 5.10 Å². The maximum absolute atomic E-state index is 12.8. The summed E-state index contributed by atoms with van der Waals surface area (Å²) in [6.45, 7) is 4.44. The summed E-state index contributed by atoms with van der Waals surface area (Å²) < 4.78 is 7.59. The summed E-state index contributed by atoms with van der Waals surface area (Å²) in [5.74, 6) is 0.0420. The first-order valence-corrected chi connectivity index (χ1v) is 7.44. The molecule has 0 unspecified atom stereocenters. The Kier molecular flexibility index (Phi) is 2.63. The molecule has 4 heterocycles. The number of amides is 2. The van der Waals surface area contributed by atoms with Crippen molar-refractivity contribution >= 4 is 11.8 Å². The van der Waals surface area contributed by atoms with E-state index in [1.54, 1.807) is 21.8 Å². The Hall–Kier alpha value is -1.89. The summed E-state index contributed by atoms with van der Waals surface area (Å²) in [5, 5.41) is 4.15. The highest BCUT2D eigenvalue weighted by Gasteiger charge is 2.63. The van der Waals surface area contributed by atoms with Gasteiger partial charge in [0.25, 0.3) is 5.91 Å². The molecule has 0 aromatic carbocycles. The van der Waals surface area contributed by atoms with Crippen molar-refractivity contribution in [2.45, 2.75) is 38.1 Å². The van der Waals surface area contributed by atoms with Crippen LogP contribution in [0, 0.1) is 0 Å². The summed E-state index contributed by atoms with van der Waals surface area (Å²) in [6.07, 6.45) is 2.71. The highest BCUT2D eigenvalue weighted by Crippen LogP contribution is 2.45. The second-order valence-corrected chi connectivity index (χ2v) is 5.74. The molecule has 2 amide bonds. The summed E-state index contributed by atoms with van der Waals surface area (Å²) in [4.78, 5) is 28.6. The lowest BCUT2D eigenvalue weighted by Gasteiger charge is -2.31. The molecular weight excluding hydrogens is 272 g/mol. The predicted molar refractivity (Wildman–Crippen MR) is 72.4 cm³/mol. The maximum Gasteiger partial charge on any atom is 0.272 e. The van der Waals surface area contributed by atoms with Crippen molar-refractivity contribution in [1.82, 2.24) is 19.6 Å². The Labute approximate surface area is 122 Å². The maximum atomic E-state index is 12.8. The van der Waals surface area contributed by atoms with E-state index >= 15 is 0 Å². The van der Waals surface area contributed by atoms with E-state index in [1.807, 2.05) is 11.8 Å². The van der Waals surface area contributed by atoms with Gasteiger partial charge >= 0.3 is 0 Å². The zero-order chi connectivity index (χ0) is 14.6. The lowest BCUT2D eigenvalue weighted by Crippen LogP contribution is -2.49. The fourth-order valence-corrected chi connectivity index (χ4v) is 3.95. The second kappa shape index (κ2) is 4.30. The average molecular weight is 290 g/mol. The number of nitrogens with zero attached hydrogens (tertiary/aromatic N) is 4. The Bertz CT molecular complexity index is 613. The minimum Gasteiger partial charge on any atom is -0.351 e. The van der Waals surface area contributed by atoms with E-state index < -0.39 is 5.72 Å². The number of hydrogen-bond acceptors (Lipinski definition) is 4. The summed E-state index contributed by atoms with van der Waals surface area (Å²) in [6, 6.07) is 1.57. The van der Waals surface area contributed by atoms with Gasteiger partial charge in [-0.1, -0.05) is 0 Å². The van der Waals surface area contributed by atoms with Crippen LogP contribution < -0.4 is 0 Å². The standard InChI is InChI=1S/C14H18N4O3/c1-2-18-10(3-5-15-18)13(20)16-6-4-14-11(16)9-12(19)17(14)7-8-21-14/h3,5,11H,2,4,6-9H2,1H3/t11-,14+/m1/s1. The minimum atomic E-state index is -0.566. The number of ether oxygens (including phenoxy) is 1. The quantitative estimate of drug-likeness (QED) is 0.773. The normalized spacial score (nSPS) is 30.9. The molecule has 0 saturated carbocycles. The molecule has 0 bridgehead atoms. The van der Waals surface area contributed by atoms with Crippen LogP contribution >= 0.6 is 0 Å². The Morgan fingerprint density at radius 3 is 3.19 bits per heavy atom. The third-order valence-electron chi connectivity index (χ3n) is 4.90. The molecule has 2 atom stereocenters. The smallest absolute Gasteiger partial charge is 0.272 e. The van der Waals surface area contributed by atoms with E-state index in [4.69, 9.17) is 4.74 Å². The lowest BCUT2D eigenvalue weighted by atomic mass is 10.1. The zero-order valence-electron chi connectivity index (χ0n) is 12.0. The number of aromatic nitrogens is 2. The number of likely N-dealkylation sites (tertiary alicyclic amines) is 1. The zero-order valence-corrected chi connectivity index (χ0v) is 12.0. The summed E-state index contributed by atoms with van der Waals surface area (Å²) in [7, 11) is 0. The van der Waals surface area contributed by atoms with Crippen molar-refractivity contribution < 1.29 is 14.3 Å². The first-order valence-electron chi connectivity index (χ1n) is 7.44. The number of rotatable bonds is 2. The molecule has 0 N–H and O–H groups in total. The van der Waals surface area contributed by atoms with Crippen molar-refractivity contribution in [3.05, 3.63) is 18.0 Å². The van der Waals surface area contributed by atoms with Gasteiger partial charge in [-0.3, -0.25) is 14.3 Å². The van der Waals surface area contributed by atoms with E-state index in [9.17, 15) is 9.59 Å². The Morgan fingerprint density at radius 1 is 1.52 bits per heavy atom. The Morgan fingerprint density at radius 2 is 2.38 bits per heavy atom. The van der Waals surface area contributed by atoms with Gasteiger partial charge in [-0.25, -0.2) is 0 Å². The first-order chi connectivity index (χ1) is 10.2. The van der Waals surface area contributed by atoms with Crippen LogP contribution in [0.2, 0.25) is 0 Å². The highest BCUT2D eigenvalue weighted by molar-refractivity contribution is 5.94. The van der Waals surface area contributed by atoms with E-state index in [2.05, 4.69) is 5.10 Å². The molecule has 0 aliphatic carbocycles. The van der Waals surface area contributed by atoms with Gasteiger partial charge in [0.05, 0.1) is 19.1 Å². The largest absolute Gasteiger partial charge is 0.351 e. The molecule has 3 aliphatic heterocycles. The van der Waals surface area contributed by atoms with Crippen molar-refractivity contribution in [2.24, 2.45) is 0 Å². The molecule has 0 radical (unpaired) electrons. The van der Waals surface area contributed by atoms with Crippen LogP contribution in [0.15, 0.2) is 12.3 Å². The monoisotopic (exact) mass is 290 g/mol. The molecule has 1 spiro atoms. The Balaban J connectivity index is 1.66. The van der Waals surface area contributed by atoms with Crippen molar-refractivity contribution in [2.75, 3.05) is 19.7 Å². The molecule has 3 aliphatic rings. The predicted octanol–water partition coefficient (Wildman–Crippen LogP) is 0.0763. The van der Waals surface area contributed by atoms with Crippen LogP contribution in [0.4, 0.5) is 0 Å². The average Bonchev–Trinajstić information content (AvgIpc) is 3.20. The van der Waals surface area contributed by atoms with Crippen LogP contribution in [-0.2, 0) is 16.1 Å². The van der Waals surface area contributed by atoms with Crippen LogP contribution in [0.25, 0.3) is 0 Å². The number of aryl methyl sites for hydroxylation is 1. The number of carbonyl (C=O) groups excluding carboxylic acids is 2. The van der Waals surface area contributed by atoms with Crippen molar-refractivity contribution in [3.8, 4) is 0 Å². The molecule has 1 aromatic rings. The second-order valence-electron chi connectivity index (χ2n) is 5.74. The van der Waals surface area contributed by atoms with E-state index in [0.717, 1.165) is 0 Å². The number of carbonyl (C=O) groups is 2. The molecule has 21 heavy (non-hydrogen) atoms. The van der Waals surface area contributed by atoms with E-state index in [1.165, 1.54) is 0 Å². The fraction of sp³-hybridized carbons (Fsp3) is 0.643. The summed E-state index contributed by atoms with van der Waals surface area (Å²) >= 11 is 0. The van der Waals surface area contributed by atoms with Gasteiger partial charge in [0.1, 0.15) is 5.69 Å². The van der Waals surface area contributed by atoms with Gasteiger partial charge in [-0.05, 0) is 13.0 Å². The number of hydrogen-bond donors (Lipinski definition) is 0. The molecule has 4 rings (SSSR count). The fourth-order valence-electron chi connectivity index (χ4n) is 3.95. The van der Waals surface area contributed by atoms with Gasteiger partial charge in [-0.15, -0.1) is 0 Å². The van der Waals surface area contributed by atoms with E-state index in [-0.39, 0.29) is 17.9 Å². The van der Waals surface area contributed by atoms with Crippen LogP contribution in [0.1, 0.15) is 30.3 Å². The van der Waals surface area contributed by atoms with Crippen molar-refractivity contribution in [3.63, 3.8) is 0 Å². The minimum absolute atomic E-state index is 0.0543. The van der Waals surface area contributed by atoms with Crippen molar-refractivity contribution in [1.29, 1.82) is 0 Å². The SMILES string of the molecule is CCn1nccc1C(=O)N1CC[C@@]23OCCN2C(=O)C[C@@H]13. The topological polar surface area (TPSA) is 67.7 Å². The van der Waals surface area contributed by atoms with Crippen LogP contribution in [0.3, 0.4) is 0 Å². The molecule has 1 aromatic heterocycles. The first kappa shape index (κ1) is 12.8. The van der Waals surface area contributed by atoms with E-state index in [0.29, 0.717) is 44.8 Å². The molecule has 3 fully saturated rings.